The number of likely N-dealkylation sites (N-methyl/N-ethyl adjacent to an activating group) is 1. The van der Waals surface area contributed by atoms with E-state index >= 15 is 0 Å². The highest BCUT2D eigenvalue weighted by Crippen LogP contribution is 2.21. The average Bonchev–Trinajstić information content (AvgIpc) is 2.89. The molecule has 3 amide bonds. The summed E-state index contributed by atoms with van der Waals surface area (Å²) in [6.45, 7) is 10.8. The van der Waals surface area contributed by atoms with Gasteiger partial charge in [-0.25, -0.2) is 4.79 Å². The Morgan fingerprint density at radius 1 is 1.07 bits per heavy atom. The lowest BCUT2D eigenvalue weighted by molar-refractivity contribution is -0.132. The van der Waals surface area contributed by atoms with Crippen molar-refractivity contribution in [3.05, 3.63) is 23.8 Å². The smallest absolute Gasteiger partial charge is 0.321 e. The van der Waals surface area contributed by atoms with Crippen molar-refractivity contribution >= 4 is 23.3 Å². The molecule has 1 N–H and O–H groups in total. The maximum Gasteiger partial charge on any atom is 0.321 e. The number of nitrogens with one attached hydrogen (secondary N) is 1. The summed E-state index contributed by atoms with van der Waals surface area (Å²) in [7, 11) is 4.00. The fourth-order valence-electron chi connectivity index (χ4n) is 3.46. The molecule has 1 saturated heterocycles. The minimum absolute atomic E-state index is 0.0716. The van der Waals surface area contributed by atoms with Gasteiger partial charge >= 0.3 is 6.03 Å². The number of benzene rings is 1. The lowest BCUT2D eigenvalue weighted by Crippen LogP contribution is -2.42. The molecule has 0 radical (unpaired) electrons. The van der Waals surface area contributed by atoms with Crippen LogP contribution in [0.5, 0.6) is 0 Å². The molecule has 1 aromatic rings. The van der Waals surface area contributed by atoms with Crippen LogP contribution in [-0.4, -0.2) is 86.5 Å². The number of anilines is 2. The van der Waals surface area contributed by atoms with E-state index in [1.54, 1.807) is 0 Å². The van der Waals surface area contributed by atoms with Crippen LogP contribution in [0, 0.1) is 6.92 Å². The third-order valence-electron chi connectivity index (χ3n) is 5.32. The Hall–Kier alpha value is -2.28. The molecule has 7 heteroatoms. The van der Waals surface area contributed by atoms with Gasteiger partial charge in [0, 0.05) is 64.7 Å². The van der Waals surface area contributed by atoms with Crippen LogP contribution >= 0.6 is 0 Å². The predicted octanol–water partition coefficient (Wildman–Crippen LogP) is 2.47. The Bertz CT molecular complexity index is 673. The van der Waals surface area contributed by atoms with E-state index in [0.29, 0.717) is 19.6 Å². The van der Waals surface area contributed by atoms with Crippen LogP contribution in [0.15, 0.2) is 18.2 Å². The van der Waals surface area contributed by atoms with Crippen molar-refractivity contribution in [3.8, 4) is 0 Å². The Kier molecular flexibility index (Phi) is 8.11. The Morgan fingerprint density at radius 3 is 2.39 bits per heavy atom. The van der Waals surface area contributed by atoms with E-state index in [-0.39, 0.29) is 11.9 Å². The second-order valence-corrected chi connectivity index (χ2v) is 7.51. The quantitative estimate of drug-likeness (QED) is 0.812. The van der Waals surface area contributed by atoms with Crippen molar-refractivity contribution in [3.63, 3.8) is 0 Å². The van der Waals surface area contributed by atoms with Crippen LogP contribution in [0.4, 0.5) is 16.2 Å². The molecule has 1 aliphatic heterocycles. The van der Waals surface area contributed by atoms with Gasteiger partial charge in [-0.05, 0) is 51.0 Å². The van der Waals surface area contributed by atoms with Gasteiger partial charge in [0.15, 0.2) is 0 Å². The molecule has 28 heavy (non-hydrogen) atoms. The minimum atomic E-state index is -0.0716. The number of aryl methyl sites for hydroxylation is 1. The van der Waals surface area contributed by atoms with E-state index < -0.39 is 0 Å². The highest BCUT2D eigenvalue weighted by atomic mass is 16.2. The largest absolute Gasteiger partial charge is 0.378 e. The van der Waals surface area contributed by atoms with E-state index in [4.69, 9.17) is 0 Å². The second kappa shape index (κ2) is 10.3. The summed E-state index contributed by atoms with van der Waals surface area (Å²) in [4.78, 5) is 33.0. The molecular weight excluding hydrogens is 354 g/mol. The lowest BCUT2D eigenvalue weighted by atomic mass is 10.1. The Balaban J connectivity index is 1.91. The van der Waals surface area contributed by atoms with Gasteiger partial charge in [-0.2, -0.15) is 0 Å². The summed E-state index contributed by atoms with van der Waals surface area (Å²) in [6.07, 6.45) is 0.873. The van der Waals surface area contributed by atoms with E-state index in [1.807, 2.05) is 61.7 Å². The van der Waals surface area contributed by atoms with Crippen molar-refractivity contribution in [2.75, 3.05) is 70.1 Å². The molecule has 0 aliphatic carbocycles. The maximum absolute atomic E-state index is 12.7. The van der Waals surface area contributed by atoms with Crippen LogP contribution in [0.25, 0.3) is 0 Å². The fraction of sp³-hybridized carbons (Fsp3) is 0.619. The molecule has 0 atom stereocenters. The molecular formula is C21H35N5O2. The Labute approximate surface area is 169 Å². The zero-order valence-corrected chi connectivity index (χ0v) is 18.0. The third-order valence-corrected chi connectivity index (χ3v) is 5.32. The third kappa shape index (κ3) is 5.86. The number of amides is 3. The molecule has 0 bridgehead atoms. The fourth-order valence-corrected chi connectivity index (χ4v) is 3.46. The molecule has 1 aliphatic rings. The molecule has 0 saturated carbocycles. The number of carbonyl (C=O) groups is 2. The first-order valence-electron chi connectivity index (χ1n) is 10.2. The van der Waals surface area contributed by atoms with Crippen molar-refractivity contribution in [1.82, 2.24) is 14.7 Å². The molecule has 7 nitrogen and oxygen atoms in total. The summed E-state index contributed by atoms with van der Waals surface area (Å²) >= 11 is 0. The van der Waals surface area contributed by atoms with Gasteiger partial charge in [-0.3, -0.25) is 9.69 Å². The summed E-state index contributed by atoms with van der Waals surface area (Å²) in [5.41, 5.74) is 2.99. The van der Waals surface area contributed by atoms with Gasteiger partial charge in [0.25, 0.3) is 0 Å². The minimum Gasteiger partial charge on any atom is -0.378 e. The molecule has 0 spiro atoms. The van der Waals surface area contributed by atoms with Gasteiger partial charge < -0.3 is 20.0 Å². The molecule has 0 unspecified atom stereocenters. The van der Waals surface area contributed by atoms with Gasteiger partial charge in [0.2, 0.25) is 5.91 Å². The first kappa shape index (κ1) is 22.0. The van der Waals surface area contributed by atoms with Gasteiger partial charge in [-0.1, -0.05) is 0 Å². The molecule has 1 fully saturated rings. The maximum atomic E-state index is 12.7. The van der Waals surface area contributed by atoms with Crippen molar-refractivity contribution < 1.29 is 9.59 Å². The first-order valence-corrected chi connectivity index (χ1v) is 10.2. The summed E-state index contributed by atoms with van der Waals surface area (Å²) in [6, 6.07) is 5.96. The number of carbonyl (C=O) groups excluding carboxylic acids is 2. The second-order valence-electron chi connectivity index (χ2n) is 7.51. The number of nitrogens with zero attached hydrogens (tertiary/aromatic N) is 4. The lowest BCUT2D eigenvalue weighted by Gasteiger charge is -2.25. The number of urea groups is 1. The molecule has 0 aromatic heterocycles. The number of hydrogen-bond acceptors (Lipinski definition) is 4. The topological polar surface area (TPSA) is 59.1 Å². The van der Waals surface area contributed by atoms with E-state index in [2.05, 4.69) is 16.3 Å². The molecule has 2 rings (SSSR count). The van der Waals surface area contributed by atoms with Crippen LogP contribution < -0.4 is 10.2 Å². The van der Waals surface area contributed by atoms with Crippen LogP contribution in [0.1, 0.15) is 25.8 Å². The molecule has 1 aromatic carbocycles. The molecule has 1 heterocycles. The van der Waals surface area contributed by atoms with Gasteiger partial charge in [0.1, 0.15) is 0 Å². The summed E-state index contributed by atoms with van der Waals surface area (Å²) in [5.74, 6) is 0.166. The SMILES string of the molecule is CCN(CC)C(=O)CN1CCCN(C(=O)Nc2ccc(N(C)C)cc2C)CC1. The predicted molar refractivity (Wildman–Crippen MR) is 115 cm³/mol. The average molecular weight is 390 g/mol. The molecule has 156 valence electrons. The van der Waals surface area contributed by atoms with Gasteiger partial charge in [-0.15, -0.1) is 0 Å². The van der Waals surface area contributed by atoms with Crippen LogP contribution in [0.2, 0.25) is 0 Å². The number of hydrogen-bond donors (Lipinski definition) is 1. The summed E-state index contributed by atoms with van der Waals surface area (Å²) in [5, 5.41) is 3.04. The zero-order chi connectivity index (χ0) is 20.7. The van der Waals surface area contributed by atoms with Crippen molar-refractivity contribution in [2.24, 2.45) is 0 Å². The van der Waals surface area contributed by atoms with Gasteiger partial charge in [0.05, 0.1) is 6.54 Å². The number of rotatable bonds is 6. The Morgan fingerprint density at radius 2 is 1.79 bits per heavy atom. The first-order chi connectivity index (χ1) is 13.3. The summed E-state index contributed by atoms with van der Waals surface area (Å²) < 4.78 is 0. The van der Waals surface area contributed by atoms with Crippen LogP contribution in [-0.2, 0) is 4.79 Å². The standard InChI is InChI=1S/C21H35N5O2/c1-6-25(7-2)20(27)16-24-11-8-12-26(14-13-24)21(28)22-19-10-9-18(23(4)5)15-17(19)3/h9-10,15H,6-8,11-14,16H2,1-5H3,(H,22,28). The highest BCUT2D eigenvalue weighted by Gasteiger charge is 2.22. The monoisotopic (exact) mass is 389 g/mol. The highest BCUT2D eigenvalue weighted by molar-refractivity contribution is 5.90. The van der Waals surface area contributed by atoms with Crippen molar-refractivity contribution in [1.29, 1.82) is 0 Å². The van der Waals surface area contributed by atoms with Crippen molar-refractivity contribution in [2.45, 2.75) is 27.2 Å². The van der Waals surface area contributed by atoms with E-state index in [9.17, 15) is 9.59 Å². The van der Waals surface area contributed by atoms with E-state index in [1.165, 1.54) is 0 Å². The van der Waals surface area contributed by atoms with Crippen LogP contribution in [0.3, 0.4) is 0 Å². The van der Waals surface area contributed by atoms with E-state index in [0.717, 1.165) is 49.5 Å². The normalized spacial score (nSPS) is 15.1. The zero-order valence-electron chi connectivity index (χ0n) is 18.0.